The zero-order valence-corrected chi connectivity index (χ0v) is 17.0. The lowest BCUT2D eigenvalue weighted by molar-refractivity contribution is -0.105. The Kier molecular flexibility index (Phi) is 4.95. The number of hydrogen-bond donors (Lipinski definition) is 1. The molecule has 0 unspecified atom stereocenters. The SMILES string of the molecule is O=CNc1ccc(-c2ccc3nnn(Cc4c(F)cc5ncccc5c4F)c3n2)cc1Cl. The van der Waals surface area contributed by atoms with Crippen molar-refractivity contribution in [3.05, 3.63) is 76.9 Å². The summed E-state index contributed by atoms with van der Waals surface area (Å²) >= 11 is 6.21. The first-order valence-corrected chi connectivity index (χ1v) is 9.85. The van der Waals surface area contributed by atoms with Crippen molar-refractivity contribution in [2.45, 2.75) is 6.54 Å². The van der Waals surface area contributed by atoms with E-state index < -0.39 is 11.6 Å². The maximum atomic E-state index is 15.0. The van der Waals surface area contributed by atoms with Crippen LogP contribution in [0.5, 0.6) is 0 Å². The summed E-state index contributed by atoms with van der Waals surface area (Å²) in [5.74, 6) is -1.42. The van der Waals surface area contributed by atoms with Gasteiger partial charge in [-0.2, -0.15) is 0 Å². The van der Waals surface area contributed by atoms with Crippen molar-refractivity contribution in [2.75, 3.05) is 5.32 Å². The molecule has 3 aromatic heterocycles. The third-order valence-corrected chi connectivity index (χ3v) is 5.35. The van der Waals surface area contributed by atoms with Crippen molar-refractivity contribution in [1.29, 1.82) is 0 Å². The van der Waals surface area contributed by atoms with Crippen LogP contribution >= 0.6 is 11.6 Å². The Hall–Kier alpha value is -3.98. The van der Waals surface area contributed by atoms with Crippen molar-refractivity contribution in [2.24, 2.45) is 0 Å². The molecule has 0 bridgehead atoms. The Balaban J connectivity index is 1.56. The number of carbonyl (C=O) groups is 1. The Bertz CT molecular complexity index is 1500. The first-order valence-electron chi connectivity index (χ1n) is 9.47. The lowest BCUT2D eigenvalue weighted by Crippen LogP contribution is -2.08. The van der Waals surface area contributed by atoms with Crippen LogP contribution < -0.4 is 5.32 Å². The van der Waals surface area contributed by atoms with Crippen LogP contribution in [-0.4, -0.2) is 31.4 Å². The van der Waals surface area contributed by atoms with Gasteiger partial charge >= 0.3 is 0 Å². The van der Waals surface area contributed by atoms with Gasteiger partial charge in [0.05, 0.1) is 28.5 Å². The predicted molar refractivity (Wildman–Crippen MR) is 116 cm³/mol. The molecule has 0 aliphatic rings. The number of hydrogen-bond acceptors (Lipinski definition) is 5. The van der Waals surface area contributed by atoms with Gasteiger partial charge in [0.15, 0.2) is 5.65 Å². The van der Waals surface area contributed by atoms with Crippen LogP contribution in [0.3, 0.4) is 0 Å². The molecule has 0 saturated heterocycles. The number of fused-ring (bicyclic) bond motifs is 2. The highest BCUT2D eigenvalue weighted by atomic mass is 35.5. The molecular weight excluding hydrogens is 438 g/mol. The molecule has 5 aromatic rings. The van der Waals surface area contributed by atoms with E-state index in [1.54, 1.807) is 42.5 Å². The third-order valence-electron chi connectivity index (χ3n) is 5.04. The summed E-state index contributed by atoms with van der Waals surface area (Å²) in [6.07, 6.45) is 2.02. The Morgan fingerprint density at radius 2 is 1.97 bits per heavy atom. The minimum Gasteiger partial charge on any atom is -0.327 e. The average molecular weight is 451 g/mol. The molecule has 0 saturated carbocycles. The molecule has 3 heterocycles. The summed E-state index contributed by atoms with van der Waals surface area (Å²) in [6.45, 7) is -0.196. The van der Waals surface area contributed by atoms with Crippen LogP contribution in [0.1, 0.15) is 5.56 Å². The van der Waals surface area contributed by atoms with Gasteiger partial charge in [0.1, 0.15) is 17.2 Å². The Morgan fingerprint density at radius 1 is 1.09 bits per heavy atom. The van der Waals surface area contributed by atoms with Gasteiger partial charge in [-0.25, -0.2) is 18.4 Å². The summed E-state index contributed by atoms with van der Waals surface area (Å²) in [6, 6.07) is 12.8. The fourth-order valence-corrected chi connectivity index (χ4v) is 3.70. The lowest BCUT2D eigenvalue weighted by atomic mass is 10.1. The summed E-state index contributed by atoms with van der Waals surface area (Å²) in [5, 5.41) is 11.1. The number of nitrogens with zero attached hydrogens (tertiary/aromatic N) is 5. The largest absolute Gasteiger partial charge is 0.327 e. The molecule has 2 aromatic carbocycles. The number of halogens is 3. The van der Waals surface area contributed by atoms with Crippen LogP contribution in [0.15, 0.2) is 54.7 Å². The van der Waals surface area contributed by atoms with E-state index in [0.29, 0.717) is 39.5 Å². The van der Waals surface area contributed by atoms with Crippen molar-refractivity contribution in [1.82, 2.24) is 25.0 Å². The van der Waals surface area contributed by atoms with Crippen molar-refractivity contribution >= 4 is 45.8 Å². The molecule has 1 amide bonds. The number of carbonyl (C=O) groups excluding carboxylic acids is 1. The zero-order chi connectivity index (χ0) is 22.2. The second-order valence-corrected chi connectivity index (χ2v) is 7.37. The number of amides is 1. The molecule has 1 N–H and O–H groups in total. The number of nitrogens with one attached hydrogen (secondary N) is 1. The summed E-state index contributed by atoms with van der Waals surface area (Å²) in [7, 11) is 0. The van der Waals surface area contributed by atoms with Gasteiger partial charge in [0.25, 0.3) is 0 Å². The number of rotatable bonds is 5. The first-order chi connectivity index (χ1) is 15.5. The van der Waals surface area contributed by atoms with Crippen molar-refractivity contribution in [3.8, 4) is 11.3 Å². The highest BCUT2D eigenvalue weighted by Crippen LogP contribution is 2.29. The number of anilines is 1. The standard InChI is InChI=1S/C22H13ClF2N6O/c23-15-8-12(3-4-18(15)27-11-32)17-5-6-19-22(28-17)31(30-29-19)10-14-16(24)9-20-13(21(14)25)2-1-7-26-20/h1-9,11H,10H2,(H,27,32). The molecular formula is C22H13ClF2N6O. The molecule has 32 heavy (non-hydrogen) atoms. The summed E-state index contributed by atoms with van der Waals surface area (Å²) in [4.78, 5) is 19.2. The van der Waals surface area contributed by atoms with E-state index in [-0.39, 0.29) is 23.0 Å². The number of pyridine rings is 2. The van der Waals surface area contributed by atoms with Gasteiger partial charge in [-0.1, -0.05) is 22.9 Å². The van der Waals surface area contributed by atoms with Crippen LogP contribution in [0, 0.1) is 11.6 Å². The van der Waals surface area contributed by atoms with E-state index >= 15 is 4.39 Å². The molecule has 5 rings (SSSR count). The average Bonchev–Trinajstić information content (AvgIpc) is 3.20. The van der Waals surface area contributed by atoms with Gasteiger partial charge in [0.2, 0.25) is 6.41 Å². The second kappa shape index (κ2) is 7.93. The lowest BCUT2D eigenvalue weighted by Gasteiger charge is -2.09. The van der Waals surface area contributed by atoms with E-state index in [4.69, 9.17) is 11.6 Å². The first kappa shape index (κ1) is 20.0. The van der Waals surface area contributed by atoms with E-state index in [2.05, 4.69) is 25.6 Å². The van der Waals surface area contributed by atoms with Crippen LogP contribution in [-0.2, 0) is 11.3 Å². The minimum atomic E-state index is -0.724. The molecule has 0 aliphatic heterocycles. The van der Waals surface area contributed by atoms with Gasteiger partial charge in [-0.3, -0.25) is 9.78 Å². The third kappa shape index (κ3) is 3.42. The summed E-state index contributed by atoms with van der Waals surface area (Å²) < 4.78 is 31.0. The fraction of sp³-hybridized carbons (Fsp3) is 0.0455. The molecule has 0 spiro atoms. The Morgan fingerprint density at radius 3 is 2.78 bits per heavy atom. The van der Waals surface area contributed by atoms with E-state index in [1.165, 1.54) is 16.9 Å². The van der Waals surface area contributed by atoms with E-state index in [9.17, 15) is 9.18 Å². The van der Waals surface area contributed by atoms with E-state index in [1.807, 2.05) is 0 Å². The summed E-state index contributed by atoms with van der Waals surface area (Å²) in [5.41, 5.74) is 2.63. The smallest absolute Gasteiger partial charge is 0.211 e. The zero-order valence-electron chi connectivity index (χ0n) is 16.3. The van der Waals surface area contributed by atoms with Crippen LogP contribution in [0.2, 0.25) is 5.02 Å². The molecule has 0 fully saturated rings. The van der Waals surface area contributed by atoms with Crippen molar-refractivity contribution < 1.29 is 13.6 Å². The van der Waals surface area contributed by atoms with Gasteiger partial charge in [-0.15, -0.1) is 5.10 Å². The van der Waals surface area contributed by atoms with Gasteiger partial charge < -0.3 is 5.32 Å². The molecule has 0 atom stereocenters. The van der Waals surface area contributed by atoms with Gasteiger partial charge in [-0.05, 0) is 36.4 Å². The van der Waals surface area contributed by atoms with Crippen molar-refractivity contribution in [3.63, 3.8) is 0 Å². The quantitative estimate of drug-likeness (QED) is 0.396. The van der Waals surface area contributed by atoms with E-state index in [0.717, 1.165) is 0 Å². The highest BCUT2D eigenvalue weighted by molar-refractivity contribution is 6.33. The minimum absolute atomic E-state index is 0.156. The molecule has 10 heteroatoms. The molecule has 0 aliphatic carbocycles. The predicted octanol–water partition coefficient (Wildman–Crippen LogP) is 4.59. The van der Waals surface area contributed by atoms with Gasteiger partial charge in [0, 0.05) is 28.8 Å². The maximum Gasteiger partial charge on any atom is 0.211 e. The maximum absolute atomic E-state index is 15.0. The topological polar surface area (TPSA) is 85.6 Å². The molecule has 0 radical (unpaired) electrons. The number of aromatic nitrogens is 5. The molecule has 158 valence electrons. The van der Waals surface area contributed by atoms with Crippen LogP contribution in [0.4, 0.5) is 14.5 Å². The van der Waals surface area contributed by atoms with Crippen LogP contribution in [0.25, 0.3) is 33.3 Å². The Labute approximate surface area is 184 Å². The number of benzene rings is 2. The molecule has 7 nitrogen and oxygen atoms in total. The normalized spacial score (nSPS) is 11.2. The second-order valence-electron chi connectivity index (χ2n) is 6.96. The fourth-order valence-electron chi connectivity index (χ4n) is 3.46. The monoisotopic (exact) mass is 450 g/mol. The highest BCUT2D eigenvalue weighted by Gasteiger charge is 2.17.